The molecule has 2 amide bonds. The van der Waals surface area contributed by atoms with Crippen molar-refractivity contribution in [2.24, 2.45) is 0 Å². The first-order valence-electron chi connectivity index (χ1n) is 8.68. The standard InChI is InChI=1S/C18H25N3O4/c1-18(2,3)25-17(23)21-10-7-15(21)16(22)20-9-6-14(12-20)24-13-5-4-8-19-11-13/h4-5,8,11,14-15H,6-7,9-10,12H2,1-3H3/t14-,15-/m1/s1. The fraction of sp³-hybridized carbons (Fsp3) is 0.611. The van der Waals surface area contributed by atoms with E-state index in [1.54, 1.807) is 17.3 Å². The second-order valence-electron chi connectivity index (χ2n) is 7.48. The molecule has 136 valence electrons. The average molecular weight is 347 g/mol. The third-order valence-corrected chi connectivity index (χ3v) is 4.33. The van der Waals surface area contributed by atoms with Crippen LogP contribution in [-0.4, -0.2) is 64.2 Å². The SMILES string of the molecule is CC(C)(C)OC(=O)N1CC[C@@H]1C(=O)N1CC[C@@H](Oc2cccnc2)C1. The Morgan fingerprint density at radius 1 is 1.24 bits per heavy atom. The number of carbonyl (C=O) groups excluding carboxylic acids is 2. The van der Waals surface area contributed by atoms with Crippen molar-refractivity contribution in [1.29, 1.82) is 0 Å². The Bertz CT molecular complexity index is 629. The Morgan fingerprint density at radius 3 is 2.64 bits per heavy atom. The first-order valence-corrected chi connectivity index (χ1v) is 8.68. The van der Waals surface area contributed by atoms with E-state index in [1.807, 2.05) is 32.9 Å². The van der Waals surface area contributed by atoms with E-state index in [-0.39, 0.29) is 12.0 Å². The average Bonchev–Trinajstić information content (AvgIpc) is 2.93. The number of nitrogens with zero attached hydrogens (tertiary/aromatic N) is 3. The Hall–Kier alpha value is -2.31. The molecule has 0 aromatic carbocycles. The van der Waals surface area contributed by atoms with Crippen molar-refractivity contribution < 1.29 is 19.1 Å². The molecule has 7 nitrogen and oxygen atoms in total. The lowest BCUT2D eigenvalue weighted by Gasteiger charge is -2.41. The van der Waals surface area contributed by atoms with Crippen molar-refractivity contribution in [2.45, 2.75) is 51.4 Å². The van der Waals surface area contributed by atoms with Gasteiger partial charge in [-0.2, -0.15) is 0 Å². The molecular formula is C18H25N3O4. The van der Waals surface area contributed by atoms with Crippen LogP contribution in [0.25, 0.3) is 0 Å². The number of likely N-dealkylation sites (tertiary alicyclic amines) is 2. The van der Waals surface area contributed by atoms with Gasteiger partial charge in [0.2, 0.25) is 5.91 Å². The van der Waals surface area contributed by atoms with Crippen LogP contribution in [-0.2, 0) is 9.53 Å². The van der Waals surface area contributed by atoms with Gasteiger partial charge in [-0.25, -0.2) is 4.79 Å². The zero-order valence-corrected chi connectivity index (χ0v) is 15.0. The molecule has 3 heterocycles. The molecule has 0 unspecified atom stereocenters. The normalized spacial score (nSPS) is 23.2. The van der Waals surface area contributed by atoms with E-state index in [4.69, 9.17) is 9.47 Å². The molecule has 0 radical (unpaired) electrons. The minimum Gasteiger partial charge on any atom is -0.487 e. The van der Waals surface area contributed by atoms with Crippen LogP contribution in [0.2, 0.25) is 0 Å². The van der Waals surface area contributed by atoms with Gasteiger partial charge in [0.25, 0.3) is 0 Å². The summed E-state index contributed by atoms with van der Waals surface area (Å²) in [5, 5.41) is 0. The molecule has 25 heavy (non-hydrogen) atoms. The summed E-state index contributed by atoms with van der Waals surface area (Å²) in [4.78, 5) is 32.2. The molecular weight excluding hydrogens is 322 g/mol. The van der Waals surface area contributed by atoms with Crippen molar-refractivity contribution in [3.05, 3.63) is 24.5 Å². The summed E-state index contributed by atoms with van der Waals surface area (Å²) in [6.45, 7) is 7.21. The maximum absolute atomic E-state index is 12.7. The maximum Gasteiger partial charge on any atom is 0.410 e. The fourth-order valence-corrected chi connectivity index (χ4v) is 3.03. The van der Waals surface area contributed by atoms with Gasteiger partial charge in [0.1, 0.15) is 23.5 Å². The topological polar surface area (TPSA) is 72.0 Å². The largest absolute Gasteiger partial charge is 0.487 e. The van der Waals surface area contributed by atoms with Crippen molar-refractivity contribution in [2.75, 3.05) is 19.6 Å². The molecule has 0 spiro atoms. The molecule has 2 aliphatic heterocycles. The number of hydrogen-bond donors (Lipinski definition) is 0. The zero-order valence-electron chi connectivity index (χ0n) is 15.0. The first-order chi connectivity index (χ1) is 11.8. The highest BCUT2D eigenvalue weighted by molar-refractivity contribution is 5.87. The van der Waals surface area contributed by atoms with Crippen LogP contribution in [0.15, 0.2) is 24.5 Å². The van der Waals surface area contributed by atoms with E-state index in [9.17, 15) is 9.59 Å². The third-order valence-electron chi connectivity index (χ3n) is 4.33. The Balaban J connectivity index is 1.53. The lowest BCUT2D eigenvalue weighted by Crippen LogP contribution is -2.59. The number of aromatic nitrogens is 1. The van der Waals surface area contributed by atoms with E-state index in [1.165, 1.54) is 4.90 Å². The van der Waals surface area contributed by atoms with E-state index in [2.05, 4.69) is 4.98 Å². The second-order valence-corrected chi connectivity index (χ2v) is 7.48. The molecule has 2 saturated heterocycles. The minimum absolute atomic E-state index is 0.0191. The highest BCUT2D eigenvalue weighted by atomic mass is 16.6. The minimum atomic E-state index is -0.559. The van der Waals surface area contributed by atoms with Crippen LogP contribution in [0.5, 0.6) is 5.75 Å². The Kier molecular flexibility index (Phi) is 4.83. The molecule has 3 rings (SSSR count). The molecule has 0 N–H and O–H groups in total. The maximum atomic E-state index is 12.7. The van der Waals surface area contributed by atoms with Crippen LogP contribution in [0.4, 0.5) is 4.79 Å². The smallest absolute Gasteiger partial charge is 0.410 e. The zero-order chi connectivity index (χ0) is 18.0. The van der Waals surface area contributed by atoms with Gasteiger partial charge >= 0.3 is 6.09 Å². The summed E-state index contributed by atoms with van der Waals surface area (Å²) < 4.78 is 11.2. The molecule has 2 aliphatic rings. The third kappa shape index (κ3) is 4.21. The molecule has 0 bridgehead atoms. The molecule has 1 aromatic heterocycles. The van der Waals surface area contributed by atoms with E-state index < -0.39 is 17.7 Å². The van der Waals surface area contributed by atoms with Gasteiger partial charge in [-0.1, -0.05) is 0 Å². The molecule has 2 atom stereocenters. The molecule has 0 saturated carbocycles. The van der Waals surface area contributed by atoms with Gasteiger partial charge in [0.05, 0.1) is 12.7 Å². The number of pyridine rings is 1. The van der Waals surface area contributed by atoms with E-state index >= 15 is 0 Å². The van der Waals surface area contributed by atoms with E-state index in [0.29, 0.717) is 31.8 Å². The Labute approximate surface area is 147 Å². The summed E-state index contributed by atoms with van der Waals surface area (Å²) in [6.07, 6.45) is 4.37. The predicted molar refractivity (Wildman–Crippen MR) is 91.2 cm³/mol. The molecule has 2 fully saturated rings. The van der Waals surface area contributed by atoms with Crippen LogP contribution < -0.4 is 4.74 Å². The lowest BCUT2D eigenvalue weighted by atomic mass is 10.0. The summed E-state index contributed by atoms with van der Waals surface area (Å²) in [5.74, 6) is 0.690. The van der Waals surface area contributed by atoms with Crippen molar-refractivity contribution >= 4 is 12.0 Å². The van der Waals surface area contributed by atoms with Crippen molar-refractivity contribution in [3.63, 3.8) is 0 Å². The summed E-state index contributed by atoms with van der Waals surface area (Å²) in [7, 11) is 0. The van der Waals surface area contributed by atoms with Crippen LogP contribution in [0.3, 0.4) is 0 Å². The second kappa shape index (κ2) is 6.90. The van der Waals surface area contributed by atoms with Gasteiger partial charge in [-0.05, 0) is 39.3 Å². The monoisotopic (exact) mass is 347 g/mol. The van der Waals surface area contributed by atoms with Crippen LogP contribution >= 0.6 is 0 Å². The van der Waals surface area contributed by atoms with Gasteiger partial charge in [-0.15, -0.1) is 0 Å². The van der Waals surface area contributed by atoms with Crippen molar-refractivity contribution in [1.82, 2.24) is 14.8 Å². The van der Waals surface area contributed by atoms with E-state index in [0.717, 1.165) is 6.42 Å². The number of ether oxygens (including phenoxy) is 2. The van der Waals surface area contributed by atoms with Gasteiger partial charge < -0.3 is 14.4 Å². The summed E-state index contributed by atoms with van der Waals surface area (Å²) in [6, 6.07) is 3.26. The van der Waals surface area contributed by atoms with Gasteiger partial charge in [0, 0.05) is 25.7 Å². The summed E-state index contributed by atoms with van der Waals surface area (Å²) >= 11 is 0. The van der Waals surface area contributed by atoms with Gasteiger partial charge in [0.15, 0.2) is 0 Å². The van der Waals surface area contributed by atoms with Gasteiger partial charge in [-0.3, -0.25) is 14.7 Å². The Morgan fingerprint density at radius 2 is 2.04 bits per heavy atom. The lowest BCUT2D eigenvalue weighted by molar-refractivity contribution is -0.140. The predicted octanol–water partition coefficient (Wildman–Crippen LogP) is 2.07. The summed E-state index contributed by atoms with van der Waals surface area (Å²) in [5.41, 5.74) is -0.559. The quantitative estimate of drug-likeness (QED) is 0.837. The fourth-order valence-electron chi connectivity index (χ4n) is 3.03. The molecule has 1 aromatic rings. The molecule has 7 heteroatoms. The number of amides is 2. The number of hydrogen-bond acceptors (Lipinski definition) is 5. The first kappa shape index (κ1) is 17.5. The highest BCUT2D eigenvalue weighted by Gasteiger charge is 2.43. The van der Waals surface area contributed by atoms with Crippen LogP contribution in [0.1, 0.15) is 33.6 Å². The van der Waals surface area contributed by atoms with Crippen molar-refractivity contribution in [3.8, 4) is 5.75 Å². The number of carbonyl (C=O) groups is 2. The molecule has 0 aliphatic carbocycles. The highest BCUT2D eigenvalue weighted by Crippen LogP contribution is 2.25. The van der Waals surface area contributed by atoms with Crippen LogP contribution in [0, 0.1) is 0 Å². The number of rotatable bonds is 3.